The van der Waals surface area contributed by atoms with Gasteiger partial charge in [0.15, 0.2) is 0 Å². The average Bonchev–Trinajstić information content (AvgIpc) is 2.68. The predicted octanol–water partition coefficient (Wildman–Crippen LogP) is 5.32. The molecule has 0 amide bonds. The molecule has 1 aromatic rings. The normalized spacial score (nSPS) is 10.0. The van der Waals surface area contributed by atoms with Crippen molar-refractivity contribution in [1.82, 2.24) is 4.98 Å². The Morgan fingerprint density at radius 3 is 1.10 bits per heavy atom. The molecule has 4 nitrogen and oxygen atoms in total. The zero-order valence-electron chi connectivity index (χ0n) is 19.2. The molecule has 0 spiro atoms. The number of hydrogen-bond acceptors (Lipinski definition) is 4. The maximum Gasteiger partial charge on any atom is 3.00 e. The summed E-state index contributed by atoms with van der Waals surface area (Å²) in [5.74, 6) is 0. The van der Waals surface area contributed by atoms with Crippen LogP contribution < -0.4 is 0 Å². The van der Waals surface area contributed by atoms with Crippen LogP contribution in [0.15, 0.2) is 18.2 Å². The number of hydrogen-bond donors (Lipinski definition) is 0. The largest absolute Gasteiger partial charge is 3.00 e. The zero-order valence-corrected chi connectivity index (χ0v) is 22.4. The summed E-state index contributed by atoms with van der Waals surface area (Å²) in [6.07, 6.45) is 2.44. The Labute approximate surface area is 192 Å². The molecule has 0 aliphatic carbocycles. The number of carbonyl (C=O) groups excluding carboxylic acids is 3. The summed E-state index contributed by atoms with van der Waals surface area (Å²) in [4.78, 5) is 28.3. The SMILES string of the molecule is CC(C)[PH+](Cc1cccc(C[PH+](C(C)C)C(C)C)n1)C(C)C.[CH-]=O.[CH-]=O.[CH-]=O.[Mn+3]. The van der Waals surface area contributed by atoms with Crippen molar-refractivity contribution in [2.75, 3.05) is 0 Å². The molecule has 0 aliphatic rings. The number of aromatic nitrogens is 1. The quantitative estimate of drug-likeness (QED) is 0.217. The van der Waals surface area contributed by atoms with Crippen LogP contribution in [0.3, 0.4) is 0 Å². The minimum absolute atomic E-state index is 0. The monoisotopic (exact) mass is 483 g/mol. The summed E-state index contributed by atoms with van der Waals surface area (Å²) in [5.41, 5.74) is 5.95. The standard InChI is InChI=1S/C19H35NP2.3CHO.Mn/c1-14(2)21(15(3)4)12-18-10-9-11-19(20-18)13-22(16(5)6)17(7)8;3*1-2;/h9-11,14-17H,12-13H2,1-8H3;3*1H;/q;3*-1;+3/p+2. The smallest absolute Gasteiger partial charge is 0.545 e. The molecule has 1 rings (SSSR count). The third-order valence-electron chi connectivity index (χ3n) is 4.60. The summed E-state index contributed by atoms with van der Waals surface area (Å²) in [6, 6.07) is 6.73. The first kappa shape index (κ1) is 35.9. The Balaban J connectivity index is -0.000000407. The van der Waals surface area contributed by atoms with E-state index in [0.717, 1.165) is 22.6 Å². The van der Waals surface area contributed by atoms with Crippen molar-refractivity contribution < 1.29 is 31.5 Å². The van der Waals surface area contributed by atoms with E-state index in [-0.39, 0.29) is 32.9 Å². The Morgan fingerprint density at radius 2 is 0.897 bits per heavy atom. The van der Waals surface area contributed by atoms with Crippen molar-refractivity contribution in [1.29, 1.82) is 0 Å². The van der Waals surface area contributed by atoms with Crippen molar-refractivity contribution in [3.05, 3.63) is 29.6 Å². The second-order valence-corrected chi connectivity index (χ2v) is 15.4. The second kappa shape index (κ2) is 22.2. The molecule has 166 valence electrons. The van der Waals surface area contributed by atoms with Gasteiger partial charge in [-0.25, -0.2) is 0 Å². The van der Waals surface area contributed by atoms with E-state index in [9.17, 15) is 0 Å². The fraction of sp³-hybridized carbons (Fsp3) is 0.636. The Hall–Kier alpha value is -0.461. The first-order valence-corrected chi connectivity index (χ1v) is 13.3. The van der Waals surface area contributed by atoms with Crippen LogP contribution in [0.4, 0.5) is 0 Å². The van der Waals surface area contributed by atoms with Crippen molar-refractivity contribution >= 4 is 36.2 Å². The van der Waals surface area contributed by atoms with Gasteiger partial charge in [-0.3, -0.25) is 25.4 Å². The van der Waals surface area contributed by atoms with Crippen LogP contribution in [0.1, 0.15) is 66.8 Å². The van der Waals surface area contributed by atoms with E-state index in [1.54, 1.807) is 0 Å². The van der Waals surface area contributed by atoms with Crippen LogP contribution in [0.2, 0.25) is 0 Å². The van der Waals surface area contributed by atoms with Crippen molar-refractivity contribution in [2.24, 2.45) is 0 Å². The van der Waals surface area contributed by atoms with Crippen LogP contribution >= 0.6 is 15.8 Å². The summed E-state index contributed by atoms with van der Waals surface area (Å²) in [5, 5.41) is 0. The molecule has 0 saturated heterocycles. The molecule has 0 N–H and O–H groups in total. The van der Waals surface area contributed by atoms with Gasteiger partial charge in [0.25, 0.3) is 0 Å². The van der Waals surface area contributed by atoms with Gasteiger partial charge in [0.2, 0.25) is 0 Å². The summed E-state index contributed by atoms with van der Waals surface area (Å²) >= 11 is 0. The molecular formula is C22H40MnNO3P2+2. The van der Waals surface area contributed by atoms with E-state index in [0.29, 0.717) is 0 Å². The zero-order chi connectivity index (χ0) is 22.9. The Kier molecular flexibility index (Phi) is 27.6. The van der Waals surface area contributed by atoms with Gasteiger partial charge in [-0.1, -0.05) is 6.07 Å². The van der Waals surface area contributed by atoms with Gasteiger partial charge in [-0.2, -0.15) is 0 Å². The molecule has 7 heteroatoms. The van der Waals surface area contributed by atoms with Crippen LogP contribution in [-0.2, 0) is 43.8 Å². The fourth-order valence-electron chi connectivity index (χ4n) is 3.29. The molecule has 0 aliphatic heterocycles. The average molecular weight is 483 g/mol. The minimum atomic E-state index is -0.362. The van der Waals surface area contributed by atoms with Crippen LogP contribution in [-0.4, -0.2) is 48.0 Å². The molecule has 0 fully saturated rings. The van der Waals surface area contributed by atoms with Gasteiger partial charge < -0.3 is 14.4 Å². The third-order valence-corrected chi connectivity index (χ3v) is 12.1. The van der Waals surface area contributed by atoms with Gasteiger partial charge >= 0.3 is 17.1 Å². The molecule has 29 heavy (non-hydrogen) atoms. The summed E-state index contributed by atoms with van der Waals surface area (Å²) in [6.45, 7) is 28.8. The predicted molar refractivity (Wildman–Crippen MR) is 129 cm³/mol. The van der Waals surface area contributed by atoms with Gasteiger partial charge in [0, 0.05) is 15.8 Å². The third kappa shape index (κ3) is 16.0. The van der Waals surface area contributed by atoms with Gasteiger partial charge in [0.1, 0.15) is 0 Å². The van der Waals surface area contributed by atoms with Crippen LogP contribution in [0, 0.1) is 0 Å². The number of rotatable bonds is 8. The van der Waals surface area contributed by atoms with Crippen LogP contribution in [0.25, 0.3) is 0 Å². The van der Waals surface area contributed by atoms with E-state index in [1.807, 2.05) is 0 Å². The molecule has 0 bridgehead atoms. The molecule has 0 unspecified atom stereocenters. The topological polar surface area (TPSA) is 64.1 Å². The molecule has 1 aromatic heterocycles. The van der Waals surface area contributed by atoms with Gasteiger partial charge in [-0.15, -0.1) is 0 Å². The number of nitrogens with zero attached hydrogens (tertiary/aromatic N) is 1. The molecule has 1 heterocycles. The Bertz CT molecular complexity index is 445. The first-order chi connectivity index (χ1) is 13.2. The Morgan fingerprint density at radius 1 is 0.655 bits per heavy atom. The van der Waals surface area contributed by atoms with E-state index in [4.69, 9.17) is 19.4 Å². The van der Waals surface area contributed by atoms with E-state index in [2.05, 4.69) is 94.0 Å². The van der Waals surface area contributed by atoms with E-state index in [1.165, 1.54) is 23.7 Å². The number of pyridine rings is 1. The summed E-state index contributed by atoms with van der Waals surface area (Å²) in [7, 11) is -0.724. The minimum Gasteiger partial charge on any atom is -0.545 e. The fourth-order valence-corrected chi connectivity index (χ4v) is 8.82. The molecule has 0 saturated carbocycles. The molecule has 0 atom stereocenters. The summed E-state index contributed by atoms with van der Waals surface area (Å²) < 4.78 is 0. The van der Waals surface area contributed by atoms with Gasteiger partial charge in [-0.05, 0) is 67.5 Å². The van der Waals surface area contributed by atoms with Crippen molar-refractivity contribution in [3.8, 4) is 0 Å². The molecule has 0 radical (unpaired) electrons. The second-order valence-electron chi connectivity index (χ2n) is 7.74. The molecular weight excluding hydrogens is 443 g/mol. The van der Waals surface area contributed by atoms with Crippen molar-refractivity contribution in [3.63, 3.8) is 0 Å². The van der Waals surface area contributed by atoms with E-state index < -0.39 is 0 Å². The van der Waals surface area contributed by atoms with Crippen molar-refractivity contribution in [2.45, 2.75) is 90.3 Å². The van der Waals surface area contributed by atoms with Crippen LogP contribution in [0.5, 0.6) is 0 Å². The van der Waals surface area contributed by atoms with Gasteiger partial charge in [0.05, 0.1) is 46.3 Å². The maximum absolute atomic E-state index is 7.75. The first-order valence-electron chi connectivity index (χ1n) is 9.59. The maximum atomic E-state index is 7.75. The van der Waals surface area contributed by atoms with E-state index >= 15 is 0 Å². The molecule has 0 aromatic carbocycles.